The van der Waals surface area contributed by atoms with E-state index >= 15 is 0 Å². The summed E-state index contributed by atoms with van der Waals surface area (Å²) in [6.07, 6.45) is 22.7. The van der Waals surface area contributed by atoms with Gasteiger partial charge in [-0.05, 0) is 0 Å². The molecule has 2 aliphatic carbocycles. The summed E-state index contributed by atoms with van der Waals surface area (Å²) in [7, 11) is 0. The van der Waals surface area contributed by atoms with Gasteiger partial charge in [0.15, 0.2) is 0 Å². The average Bonchev–Trinajstić information content (AvgIpc) is 2.87. The molecule has 0 fully saturated rings. The van der Waals surface area contributed by atoms with Crippen molar-refractivity contribution in [2.75, 3.05) is 0 Å². The van der Waals surface area contributed by atoms with E-state index in [9.17, 15) is 0 Å². The zero-order valence-corrected chi connectivity index (χ0v) is 10.7. The number of allylic oxidation sites excluding steroid dienone is 8. The molecular formula is C11H12ClZr. The minimum Gasteiger partial charge on any atom is -0.352 e. The Morgan fingerprint density at radius 1 is 0.923 bits per heavy atom. The smallest absolute Gasteiger partial charge is 0.352 e. The fourth-order valence-corrected chi connectivity index (χ4v) is 0.680. The van der Waals surface area contributed by atoms with Crippen LogP contribution in [0.3, 0.4) is 0 Å². The van der Waals surface area contributed by atoms with Gasteiger partial charge in [0.2, 0.25) is 0 Å². The van der Waals surface area contributed by atoms with Gasteiger partial charge in [-0.3, -0.25) is 18.5 Å². The monoisotopic (exact) mass is 269 g/mol. The summed E-state index contributed by atoms with van der Waals surface area (Å²) < 4.78 is 0. The first-order chi connectivity index (χ1) is 6.00. The van der Waals surface area contributed by atoms with Crippen LogP contribution < -0.4 is 0 Å². The zero-order valence-electron chi connectivity index (χ0n) is 7.46. The number of hydrogen-bond acceptors (Lipinski definition) is 0. The maximum atomic E-state index is 4.39. The topological polar surface area (TPSA) is 0 Å². The van der Waals surface area contributed by atoms with Crippen molar-refractivity contribution in [3.63, 3.8) is 0 Å². The molecule has 0 aliphatic heterocycles. The molecule has 0 aromatic heterocycles. The molecule has 2 heteroatoms. The normalized spacial score (nSPS) is 14.0. The van der Waals surface area contributed by atoms with Crippen LogP contribution >= 0.6 is 11.6 Å². The van der Waals surface area contributed by atoms with Crippen LogP contribution in [0, 0.1) is 18.5 Å². The molecule has 0 saturated carbocycles. The van der Waals surface area contributed by atoms with E-state index in [-0.39, 0.29) is 26.2 Å². The van der Waals surface area contributed by atoms with Crippen LogP contribution in [0.1, 0.15) is 12.8 Å². The molecule has 0 aromatic rings. The van der Waals surface area contributed by atoms with Gasteiger partial charge in [-0.1, -0.05) is 0 Å². The van der Waals surface area contributed by atoms with Crippen LogP contribution in [-0.4, -0.2) is 0 Å². The maximum Gasteiger partial charge on any atom is 3.00 e. The van der Waals surface area contributed by atoms with E-state index in [1.54, 1.807) is 0 Å². The van der Waals surface area contributed by atoms with Crippen molar-refractivity contribution in [1.82, 2.24) is 0 Å². The van der Waals surface area contributed by atoms with Crippen molar-refractivity contribution >= 4 is 11.6 Å². The van der Waals surface area contributed by atoms with E-state index < -0.39 is 0 Å². The fraction of sp³-hybridized carbons (Fsp3) is 0.182. The van der Waals surface area contributed by atoms with Crippen molar-refractivity contribution < 1.29 is 26.2 Å². The summed E-state index contributed by atoms with van der Waals surface area (Å²) in [5.74, 6) is 0. The summed E-state index contributed by atoms with van der Waals surface area (Å²) in [6.45, 7) is 0. The largest absolute Gasteiger partial charge is 3.00 e. The van der Waals surface area contributed by atoms with Gasteiger partial charge < -0.3 is 11.6 Å². The second-order valence-corrected chi connectivity index (χ2v) is 2.01. The molecule has 2 rings (SSSR count). The molecule has 13 heavy (non-hydrogen) atoms. The first-order valence-corrected chi connectivity index (χ1v) is 4.24. The molecule has 0 spiro atoms. The molecule has 2 aliphatic rings. The first kappa shape index (κ1) is 15.6. The van der Waals surface area contributed by atoms with Crippen LogP contribution in [0.4, 0.5) is 0 Å². The molecule has 0 nitrogen and oxygen atoms in total. The minimum atomic E-state index is 0. The molecule has 0 N–H and O–H groups in total. The Balaban J connectivity index is 0. The van der Waals surface area contributed by atoms with Gasteiger partial charge in [-0.15, -0.1) is 12.8 Å². The van der Waals surface area contributed by atoms with E-state index in [1.165, 1.54) is 0 Å². The summed E-state index contributed by atoms with van der Waals surface area (Å²) >= 11 is 4.39. The van der Waals surface area contributed by atoms with Crippen molar-refractivity contribution in [1.29, 1.82) is 0 Å². The molecular weight excluding hydrogens is 259 g/mol. The number of rotatable bonds is 0. The van der Waals surface area contributed by atoms with Gasteiger partial charge in [0.05, 0.1) is 0 Å². The third kappa shape index (κ3) is 12.1. The van der Waals surface area contributed by atoms with Crippen molar-refractivity contribution in [3.8, 4) is 0 Å². The Hall–Kier alpha value is 0.133. The molecule has 0 saturated heterocycles. The molecule has 0 heterocycles. The van der Waals surface area contributed by atoms with Crippen molar-refractivity contribution in [2.24, 2.45) is 0 Å². The quantitative estimate of drug-likeness (QED) is 0.590. The minimum absolute atomic E-state index is 0. The second-order valence-electron chi connectivity index (χ2n) is 2.01. The third-order valence-corrected chi connectivity index (χ3v) is 1.17. The third-order valence-electron chi connectivity index (χ3n) is 1.17. The van der Waals surface area contributed by atoms with E-state index in [1.807, 2.05) is 24.3 Å². The molecule has 0 atom stereocenters. The summed E-state index contributed by atoms with van der Waals surface area (Å²) in [5.41, 5.74) is 0. The summed E-state index contributed by atoms with van der Waals surface area (Å²) in [6, 6.07) is 0. The molecule has 0 amide bonds. The Kier molecular flexibility index (Phi) is 17.6. The Bertz CT molecular complexity index is 148. The maximum absolute atomic E-state index is 4.39. The predicted octanol–water partition coefficient (Wildman–Crippen LogP) is 3.63. The Labute approximate surface area is 105 Å². The molecule has 0 bridgehead atoms. The molecule has 1 radical (unpaired) electrons. The van der Waals surface area contributed by atoms with Gasteiger partial charge in [-0.2, -0.15) is 12.2 Å². The van der Waals surface area contributed by atoms with Crippen LogP contribution in [0.5, 0.6) is 0 Å². The molecule has 0 aromatic carbocycles. The second kappa shape index (κ2) is 14.6. The van der Waals surface area contributed by atoms with E-state index in [0.717, 1.165) is 12.8 Å². The first-order valence-electron chi connectivity index (χ1n) is 3.70. The van der Waals surface area contributed by atoms with E-state index in [2.05, 4.69) is 42.3 Å². The van der Waals surface area contributed by atoms with Gasteiger partial charge >= 0.3 is 26.2 Å². The van der Waals surface area contributed by atoms with Gasteiger partial charge in [0, 0.05) is 0 Å². The fourth-order valence-electron chi connectivity index (χ4n) is 0.680. The molecule has 67 valence electrons. The van der Waals surface area contributed by atoms with Gasteiger partial charge in [-0.25, -0.2) is 24.3 Å². The van der Waals surface area contributed by atoms with E-state index in [0.29, 0.717) is 0 Å². The van der Waals surface area contributed by atoms with Gasteiger partial charge in [0.1, 0.15) is 0 Å². The average molecular weight is 271 g/mol. The number of hydrogen-bond donors (Lipinski definition) is 0. The standard InChI is InChI=1S/2C5H5.CH2Cl.Zr/c2*1-2-4-5-3-1;1-2;/h2*1-3H,4H2;1H2;/q3*-1;+3. The Morgan fingerprint density at radius 3 is 1.38 bits per heavy atom. The van der Waals surface area contributed by atoms with Crippen LogP contribution in [-0.2, 0) is 26.2 Å². The summed E-state index contributed by atoms with van der Waals surface area (Å²) in [4.78, 5) is 0. The zero-order chi connectivity index (χ0) is 9.07. The van der Waals surface area contributed by atoms with Crippen molar-refractivity contribution in [2.45, 2.75) is 12.8 Å². The van der Waals surface area contributed by atoms with E-state index in [4.69, 9.17) is 0 Å². The van der Waals surface area contributed by atoms with Crippen LogP contribution in [0.2, 0.25) is 0 Å². The van der Waals surface area contributed by atoms with Crippen LogP contribution in [0.25, 0.3) is 0 Å². The molecule has 0 unspecified atom stereocenters. The summed E-state index contributed by atoms with van der Waals surface area (Å²) in [5, 5.41) is 0. The predicted molar refractivity (Wildman–Crippen MR) is 54.4 cm³/mol. The van der Waals surface area contributed by atoms with Crippen LogP contribution in [0.15, 0.2) is 36.5 Å². The van der Waals surface area contributed by atoms with Crippen molar-refractivity contribution in [3.05, 3.63) is 55.0 Å². The number of halogens is 1. The van der Waals surface area contributed by atoms with Gasteiger partial charge in [0.25, 0.3) is 0 Å². The SMILES string of the molecule is [C-]1=CC=CC1.[C-]1=CC=CC1.[CH2-]Cl.[Zr+3]. The Morgan fingerprint density at radius 2 is 1.31 bits per heavy atom.